The van der Waals surface area contributed by atoms with Gasteiger partial charge in [-0.2, -0.15) is 0 Å². The topological polar surface area (TPSA) is 63.2 Å². The maximum Gasteiger partial charge on any atom is 0.232 e. The first kappa shape index (κ1) is 24.1. The molecule has 2 bridgehead atoms. The molecule has 0 spiro atoms. The van der Waals surface area contributed by atoms with E-state index >= 15 is 4.79 Å². The molecule has 1 saturated heterocycles. The molecule has 0 aromatic heterocycles. The molecule has 7 rings (SSSR count). The summed E-state index contributed by atoms with van der Waals surface area (Å²) in [4.78, 5) is 42.9. The van der Waals surface area contributed by atoms with Gasteiger partial charge in [0.25, 0.3) is 0 Å². The summed E-state index contributed by atoms with van der Waals surface area (Å²) >= 11 is 12.6. The maximum absolute atomic E-state index is 15.4. The first-order valence-electron chi connectivity index (χ1n) is 12.7. The Morgan fingerprint density at radius 3 is 1.23 bits per heavy atom. The summed E-state index contributed by atoms with van der Waals surface area (Å²) in [5.41, 5.74) is 1.55. The van der Waals surface area contributed by atoms with Gasteiger partial charge in [0.2, 0.25) is 11.8 Å². The number of allylic oxidation sites excluding steroid dienone is 2. The zero-order chi connectivity index (χ0) is 26.9. The van der Waals surface area contributed by atoms with Crippen LogP contribution in [0, 0.1) is 11.8 Å². The number of carbonyl (C=O) groups is 3. The molecule has 4 nitrogen and oxygen atoms in total. The first-order valence-corrected chi connectivity index (χ1v) is 13.4. The second kappa shape index (κ2) is 8.51. The summed E-state index contributed by atoms with van der Waals surface area (Å²) in [7, 11) is 0. The fourth-order valence-electron chi connectivity index (χ4n) is 7.29. The number of rotatable bonds is 4. The smallest absolute Gasteiger partial charge is 0.232 e. The van der Waals surface area contributed by atoms with Gasteiger partial charge in [0.05, 0.1) is 22.7 Å². The molecule has 1 saturated carbocycles. The van der Waals surface area contributed by atoms with Crippen molar-refractivity contribution in [2.75, 3.05) is 0 Å². The zero-order valence-corrected chi connectivity index (χ0v) is 22.0. The van der Waals surface area contributed by atoms with Crippen LogP contribution in [-0.4, -0.2) is 17.6 Å². The molecule has 1 aliphatic heterocycles. The van der Waals surface area contributed by atoms with E-state index in [1.807, 2.05) is 84.9 Å². The summed E-state index contributed by atoms with van der Waals surface area (Å²) in [5.74, 6) is -2.93. The van der Waals surface area contributed by atoms with Crippen molar-refractivity contribution in [1.29, 1.82) is 0 Å². The second-order valence-electron chi connectivity index (χ2n) is 10.2. The lowest BCUT2D eigenvalue weighted by Gasteiger charge is -2.39. The molecule has 1 N–H and O–H groups in total. The van der Waals surface area contributed by atoms with Gasteiger partial charge < -0.3 is 0 Å². The van der Waals surface area contributed by atoms with E-state index in [4.69, 9.17) is 23.2 Å². The molecular formula is C33H21Cl2NO3. The summed E-state index contributed by atoms with van der Waals surface area (Å²) in [6.07, 6.45) is 0. The summed E-state index contributed by atoms with van der Waals surface area (Å²) in [5, 5.41) is 3.61. The van der Waals surface area contributed by atoms with Gasteiger partial charge in [0, 0.05) is 10.0 Å². The lowest BCUT2D eigenvalue weighted by molar-refractivity contribution is -0.132. The maximum atomic E-state index is 15.4. The number of Topliss-reactive ketones (excluding diaryl/α,β-unsaturated/α-hetero) is 1. The third-order valence-corrected chi connectivity index (χ3v) is 9.06. The molecule has 6 heteroatoms. The third-order valence-electron chi connectivity index (χ3n) is 8.56. The fraction of sp³-hybridized carbons (Fsp3) is 0.121. The normalized spacial score (nSPS) is 27.2. The number of ketones is 1. The molecule has 1 heterocycles. The van der Waals surface area contributed by atoms with E-state index in [-0.39, 0.29) is 5.78 Å². The van der Waals surface area contributed by atoms with E-state index in [9.17, 15) is 9.59 Å². The van der Waals surface area contributed by atoms with Gasteiger partial charge in [0.15, 0.2) is 5.78 Å². The Labute approximate surface area is 235 Å². The van der Waals surface area contributed by atoms with E-state index < -0.39 is 34.5 Å². The molecule has 4 aromatic carbocycles. The number of fused-ring (bicyclic) bond motifs is 5. The Balaban J connectivity index is 1.72. The van der Waals surface area contributed by atoms with E-state index in [1.54, 1.807) is 24.3 Å². The van der Waals surface area contributed by atoms with Crippen molar-refractivity contribution in [2.45, 2.75) is 10.8 Å². The van der Waals surface area contributed by atoms with Crippen molar-refractivity contribution in [1.82, 2.24) is 5.32 Å². The Bertz CT molecular complexity index is 1570. The summed E-state index contributed by atoms with van der Waals surface area (Å²) in [6, 6.07) is 33.5. The average Bonchev–Trinajstić information content (AvgIpc) is 3.49. The van der Waals surface area contributed by atoms with Crippen LogP contribution in [0.1, 0.15) is 22.3 Å². The van der Waals surface area contributed by atoms with Crippen molar-refractivity contribution in [3.63, 3.8) is 0 Å². The number of nitrogens with one attached hydrogen (secondary N) is 1. The Kier molecular flexibility index (Phi) is 5.25. The monoisotopic (exact) mass is 549 g/mol. The van der Waals surface area contributed by atoms with Crippen LogP contribution < -0.4 is 5.32 Å². The van der Waals surface area contributed by atoms with Crippen LogP contribution in [0.25, 0.3) is 11.1 Å². The predicted molar refractivity (Wildman–Crippen MR) is 151 cm³/mol. The molecule has 2 amide bonds. The molecule has 2 fully saturated rings. The van der Waals surface area contributed by atoms with Crippen molar-refractivity contribution in [3.8, 4) is 0 Å². The van der Waals surface area contributed by atoms with Crippen molar-refractivity contribution in [2.24, 2.45) is 11.8 Å². The highest BCUT2D eigenvalue weighted by Gasteiger charge is 2.81. The lowest BCUT2D eigenvalue weighted by atomic mass is 9.59. The Hall–Kier alpha value is -3.99. The van der Waals surface area contributed by atoms with E-state index in [0.29, 0.717) is 21.2 Å². The molecule has 0 unspecified atom stereocenters. The van der Waals surface area contributed by atoms with Crippen LogP contribution in [0.15, 0.2) is 109 Å². The molecule has 4 aromatic rings. The van der Waals surface area contributed by atoms with Crippen molar-refractivity contribution >= 4 is 51.9 Å². The number of hydrogen-bond acceptors (Lipinski definition) is 3. The highest BCUT2D eigenvalue weighted by Crippen LogP contribution is 2.73. The highest BCUT2D eigenvalue weighted by molar-refractivity contribution is 6.36. The SMILES string of the molecule is O=C1NC(=O)[C@H]2[C@H]1[C@@]1(c3ccc(Cl)cc3)C(=O)[C@@]2(c2ccc(Cl)cc2)C(c2ccccc2)=C1c1ccccc1. The summed E-state index contributed by atoms with van der Waals surface area (Å²) < 4.78 is 0. The van der Waals surface area contributed by atoms with Gasteiger partial charge in [-0.25, -0.2) is 0 Å². The number of halogens is 2. The minimum absolute atomic E-state index is 0.185. The minimum Gasteiger partial charge on any atom is -0.297 e. The van der Waals surface area contributed by atoms with Gasteiger partial charge >= 0.3 is 0 Å². The lowest BCUT2D eigenvalue weighted by Crippen LogP contribution is -2.44. The first-order chi connectivity index (χ1) is 18.9. The standard InChI is InChI=1S/C33H21Cl2NO3/c34-23-15-11-21(12-16-23)32-25(19-7-3-1-4-8-19)26(20-9-5-2-6-10-20)33(31(32)39,22-13-17-24(35)18-14-22)28-27(32)29(37)36-30(28)38/h1-18,27-28H,(H,36,37,38)/t27-,28-,32+,33+/m1/s1. The van der Waals surface area contributed by atoms with E-state index in [1.165, 1.54) is 0 Å². The Morgan fingerprint density at radius 1 is 0.513 bits per heavy atom. The predicted octanol–water partition coefficient (Wildman–Crippen LogP) is 6.27. The number of benzene rings is 4. The van der Waals surface area contributed by atoms with Gasteiger partial charge in [-0.05, 0) is 57.7 Å². The molecule has 0 radical (unpaired) electrons. The van der Waals surface area contributed by atoms with Crippen LogP contribution >= 0.6 is 23.2 Å². The van der Waals surface area contributed by atoms with Gasteiger partial charge in [-0.15, -0.1) is 0 Å². The van der Waals surface area contributed by atoms with Crippen molar-refractivity contribution in [3.05, 3.63) is 141 Å². The quantitative estimate of drug-likeness (QED) is 0.305. The van der Waals surface area contributed by atoms with Crippen molar-refractivity contribution < 1.29 is 14.4 Å². The van der Waals surface area contributed by atoms with Gasteiger partial charge in [-0.3, -0.25) is 19.7 Å². The van der Waals surface area contributed by atoms with Gasteiger partial charge in [-0.1, -0.05) is 108 Å². The van der Waals surface area contributed by atoms with Crippen LogP contribution in [0.2, 0.25) is 10.0 Å². The highest BCUT2D eigenvalue weighted by atomic mass is 35.5. The molecule has 3 aliphatic rings. The second-order valence-corrected chi connectivity index (χ2v) is 11.1. The average molecular weight is 550 g/mol. The number of hydrogen-bond donors (Lipinski definition) is 1. The molecular weight excluding hydrogens is 529 g/mol. The largest absolute Gasteiger partial charge is 0.297 e. The summed E-state index contributed by atoms with van der Waals surface area (Å²) in [6.45, 7) is 0. The number of amides is 2. The molecule has 4 atom stereocenters. The van der Waals surface area contributed by atoms with Crippen LogP contribution in [0.3, 0.4) is 0 Å². The molecule has 190 valence electrons. The van der Waals surface area contributed by atoms with E-state index in [2.05, 4.69) is 5.32 Å². The third kappa shape index (κ3) is 2.99. The molecule has 39 heavy (non-hydrogen) atoms. The minimum atomic E-state index is -1.42. The number of imide groups is 1. The molecule has 2 aliphatic carbocycles. The fourth-order valence-corrected chi connectivity index (χ4v) is 7.54. The number of carbonyl (C=O) groups excluding carboxylic acids is 3. The van der Waals surface area contributed by atoms with E-state index in [0.717, 1.165) is 22.3 Å². The zero-order valence-electron chi connectivity index (χ0n) is 20.5. The Morgan fingerprint density at radius 2 is 0.872 bits per heavy atom. The van der Waals surface area contributed by atoms with Gasteiger partial charge in [0.1, 0.15) is 0 Å². The van der Waals surface area contributed by atoms with Crippen LogP contribution in [-0.2, 0) is 25.2 Å². The van der Waals surface area contributed by atoms with Crippen LogP contribution in [0.5, 0.6) is 0 Å². The van der Waals surface area contributed by atoms with Crippen LogP contribution in [0.4, 0.5) is 0 Å².